The fourth-order valence-corrected chi connectivity index (χ4v) is 1.58. The normalized spacial score (nSPS) is 37.9. The highest BCUT2D eigenvalue weighted by atomic mass is 16.5. The lowest BCUT2D eigenvalue weighted by Gasteiger charge is -2.25. The van der Waals surface area contributed by atoms with Crippen molar-refractivity contribution in [1.82, 2.24) is 0 Å². The first-order chi connectivity index (χ1) is 5.19. The van der Waals surface area contributed by atoms with Crippen LogP contribution in [0, 0.1) is 0 Å². The predicted octanol–water partition coefficient (Wildman–Crippen LogP) is 1.72. The number of hydrogen-bond acceptors (Lipinski definition) is 2. The van der Waals surface area contributed by atoms with Crippen molar-refractivity contribution in [1.29, 1.82) is 0 Å². The highest BCUT2D eigenvalue weighted by molar-refractivity contribution is 4.89. The van der Waals surface area contributed by atoms with Gasteiger partial charge in [0.15, 0.2) is 0 Å². The zero-order valence-corrected chi connectivity index (χ0v) is 7.47. The van der Waals surface area contributed by atoms with Gasteiger partial charge in [0.1, 0.15) is 0 Å². The molecule has 1 N–H and O–H groups in total. The Kier molecular flexibility index (Phi) is 2.90. The molecule has 0 aromatic carbocycles. The molecule has 0 aromatic rings. The molecular formula is C9H18O2. The van der Waals surface area contributed by atoms with Crippen LogP contribution in [0.15, 0.2) is 0 Å². The molecule has 0 aliphatic carbocycles. The Morgan fingerprint density at radius 3 is 2.82 bits per heavy atom. The predicted molar refractivity (Wildman–Crippen MR) is 44.5 cm³/mol. The monoisotopic (exact) mass is 158 g/mol. The third-order valence-corrected chi connectivity index (χ3v) is 2.62. The summed E-state index contributed by atoms with van der Waals surface area (Å²) in [5.74, 6) is 0. The van der Waals surface area contributed by atoms with E-state index in [0.29, 0.717) is 0 Å². The third-order valence-electron chi connectivity index (χ3n) is 2.62. The van der Waals surface area contributed by atoms with Crippen molar-refractivity contribution in [3.8, 4) is 0 Å². The Labute approximate surface area is 68.6 Å². The Morgan fingerprint density at radius 2 is 2.36 bits per heavy atom. The molecule has 2 heteroatoms. The Bertz CT molecular complexity index is 125. The summed E-state index contributed by atoms with van der Waals surface area (Å²) >= 11 is 0. The fraction of sp³-hybridized carbons (Fsp3) is 1.00. The molecule has 0 aromatic heterocycles. The van der Waals surface area contributed by atoms with Crippen LogP contribution in [0.5, 0.6) is 0 Å². The van der Waals surface area contributed by atoms with Crippen molar-refractivity contribution in [2.24, 2.45) is 0 Å². The largest absolute Gasteiger partial charge is 0.387 e. The zero-order valence-electron chi connectivity index (χ0n) is 7.47. The Balaban J connectivity index is 2.38. The first kappa shape index (κ1) is 9.01. The average molecular weight is 158 g/mol. The summed E-state index contributed by atoms with van der Waals surface area (Å²) in [6, 6.07) is 0. The second-order valence-electron chi connectivity index (χ2n) is 3.47. The maximum atomic E-state index is 9.97. The maximum Gasteiger partial charge on any atom is 0.0927 e. The molecule has 2 nitrogen and oxygen atoms in total. The van der Waals surface area contributed by atoms with Gasteiger partial charge in [-0.2, -0.15) is 0 Å². The van der Waals surface area contributed by atoms with Crippen LogP contribution >= 0.6 is 0 Å². The Hall–Kier alpha value is -0.0800. The van der Waals surface area contributed by atoms with Crippen LogP contribution in [0.4, 0.5) is 0 Å². The smallest absolute Gasteiger partial charge is 0.0927 e. The summed E-state index contributed by atoms with van der Waals surface area (Å²) in [5, 5.41) is 9.97. The van der Waals surface area contributed by atoms with Gasteiger partial charge in [-0.3, -0.25) is 0 Å². The number of aliphatic hydroxyl groups is 1. The highest BCUT2D eigenvalue weighted by Gasteiger charge is 2.38. The van der Waals surface area contributed by atoms with Gasteiger partial charge in [-0.1, -0.05) is 19.8 Å². The van der Waals surface area contributed by atoms with E-state index in [1.165, 1.54) is 0 Å². The van der Waals surface area contributed by atoms with Crippen LogP contribution in [-0.2, 0) is 4.74 Å². The van der Waals surface area contributed by atoms with E-state index in [1.54, 1.807) is 0 Å². The molecular weight excluding hydrogens is 140 g/mol. The molecule has 66 valence electrons. The van der Waals surface area contributed by atoms with Crippen LogP contribution < -0.4 is 0 Å². The van der Waals surface area contributed by atoms with Gasteiger partial charge >= 0.3 is 0 Å². The van der Waals surface area contributed by atoms with Crippen molar-refractivity contribution < 1.29 is 9.84 Å². The molecule has 0 bridgehead atoms. The van der Waals surface area contributed by atoms with Crippen molar-refractivity contribution in [3.63, 3.8) is 0 Å². The van der Waals surface area contributed by atoms with Crippen molar-refractivity contribution in [2.75, 3.05) is 6.61 Å². The van der Waals surface area contributed by atoms with Crippen LogP contribution in [0.25, 0.3) is 0 Å². The van der Waals surface area contributed by atoms with Gasteiger partial charge in [0.2, 0.25) is 0 Å². The topological polar surface area (TPSA) is 29.5 Å². The molecule has 1 rings (SSSR count). The van der Waals surface area contributed by atoms with E-state index in [-0.39, 0.29) is 6.10 Å². The zero-order chi connectivity index (χ0) is 8.32. The molecule has 1 aliphatic heterocycles. The summed E-state index contributed by atoms with van der Waals surface area (Å²) in [4.78, 5) is 0. The molecule has 0 saturated carbocycles. The Morgan fingerprint density at radius 1 is 1.64 bits per heavy atom. The third kappa shape index (κ3) is 1.94. The second kappa shape index (κ2) is 3.55. The van der Waals surface area contributed by atoms with E-state index in [1.807, 2.05) is 6.92 Å². The minimum atomic E-state index is -0.518. The van der Waals surface area contributed by atoms with E-state index < -0.39 is 5.60 Å². The summed E-state index contributed by atoms with van der Waals surface area (Å²) in [6.07, 6.45) is 3.99. The molecule has 2 atom stereocenters. The van der Waals surface area contributed by atoms with Gasteiger partial charge in [-0.05, 0) is 13.3 Å². The minimum absolute atomic E-state index is 0.0362. The average Bonchev–Trinajstić information content (AvgIpc) is 2.30. The molecule has 1 saturated heterocycles. The number of rotatable bonds is 3. The molecule has 2 unspecified atom stereocenters. The standard InChI is InChI=1S/C9H18O2/c1-3-4-5-9(10)6-7-11-8(9)2/h8,10H,3-7H2,1-2H3. The van der Waals surface area contributed by atoms with E-state index in [0.717, 1.165) is 32.3 Å². The first-order valence-electron chi connectivity index (χ1n) is 4.53. The van der Waals surface area contributed by atoms with E-state index in [2.05, 4.69) is 6.92 Å². The fourth-order valence-electron chi connectivity index (χ4n) is 1.58. The molecule has 1 heterocycles. The van der Waals surface area contributed by atoms with Gasteiger partial charge in [0.25, 0.3) is 0 Å². The van der Waals surface area contributed by atoms with Crippen molar-refractivity contribution in [3.05, 3.63) is 0 Å². The maximum absolute atomic E-state index is 9.97. The van der Waals surface area contributed by atoms with E-state index in [4.69, 9.17) is 4.74 Å². The molecule has 0 amide bonds. The lowest BCUT2D eigenvalue weighted by molar-refractivity contribution is -0.0342. The first-order valence-corrected chi connectivity index (χ1v) is 4.53. The van der Waals surface area contributed by atoms with Gasteiger partial charge in [0.05, 0.1) is 11.7 Å². The van der Waals surface area contributed by atoms with Crippen molar-refractivity contribution in [2.45, 2.75) is 51.2 Å². The number of hydrogen-bond donors (Lipinski definition) is 1. The van der Waals surface area contributed by atoms with Gasteiger partial charge in [0, 0.05) is 13.0 Å². The lowest BCUT2D eigenvalue weighted by atomic mass is 9.91. The highest BCUT2D eigenvalue weighted by Crippen LogP contribution is 2.30. The number of unbranched alkanes of at least 4 members (excludes halogenated alkanes) is 1. The molecule has 0 spiro atoms. The summed E-state index contributed by atoms with van der Waals surface area (Å²) in [5.41, 5.74) is -0.518. The molecule has 1 aliphatic rings. The summed E-state index contributed by atoms with van der Waals surface area (Å²) in [6.45, 7) is 4.83. The SMILES string of the molecule is CCCCC1(O)CCOC1C. The van der Waals surface area contributed by atoms with Crippen LogP contribution in [0.3, 0.4) is 0 Å². The van der Waals surface area contributed by atoms with E-state index in [9.17, 15) is 5.11 Å². The van der Waals surface area contributed by atoms with Crippen LogP contribution in [0.1, 0.15) is 39.5 Å². The summed E-state index contributed by atoms with van der Waals surface area (Å²) < 4.78 is 5.32. The number of ether oxygens (including phenoxy) is 1. The van der Waals surface area contributed by atoms with Crippen molar-refractivity contribution >= 4 is 0 Å². The summed E-state index contributed by atoms with van der Waals surface area (Å²) in [7, 11) is 0. The molecule has 0 radical (unpaired) electrons. The molecule has 11 heavy (non-hydrogen) atoms. The second-order valence-corrected chi connectivity index (χ2v) is 3.47. The minimum Gasteiger partial charge on any atom is -0.387 e. The van der Waals surface area contributed by atoms with Crippen LogP contribution in [0.2, 0.25) is 0 Å². The molecule has 1 fully saturated rings. The van der Waals surface area contributed by atoms with E-state index >= 15 is 0 Å². The van der Waals surface area contributed by atoms with Gasteiger partial charge in [-0.15, -0.1) is 0 Å². The van der Waals surface area contributed by atoms with Crippen LogP contribution in [-0.4, -0.2) is 23.4 Å². The van der Waals surface area contributed by atoms with Gasteiger partial charge in [-0.25, -0.2) is 0 Å². The quantitative estimate of drug-likeness (QED) is 0.677. The van der Waals surface area contributed by atoms with Gasteiger partial charge < -0.3 is 9.84 Å². The lowest BCUT2D eigenvalue weighted by Crippen LogP contribution is -2.35.